The number of pyridine rings is 1. The van der Waals surface area contributed by atoms with Crippen LogP contribution in [0.25, 0.3) is 81.4 Å². The van der Waals surface area contributed by atoms with Gasteiger partial charge in [0.1, 0.15) is 5.65 Å². The second-order valence-corrected chi connectivity index (χ2v) is 9.92. The predicted molar refractivity (Wildman–Crippen MR) is 158 cm³/mol. The van der Waals surface area contributed by atoms with Gasteiger partial charge < -0.3 is 0 Å². The van der Waals surface area contributed by atoms with Crippen LogP contribution in [0.4, 0.5) is 0 Å². The van der Waals surface area contributed by atoms with E-state index < -0.39 is 0 Å². The molecule has 0 amide bonds. The van der Waals surface area contributed by atoms with E-state index in [4.69, 9.17) is 4.98 Å². The fourth-order valence-electron chi connectivity index (χ4n) is 6.66. The molecular formula is C35H20N2. The molecule has 0 spiro atoms. The quantitative estimate of drug-likeness (QED) is 0.203. The maximum Gasteiger partial charge on any atom is 0.147 e. The summed E-state index contributed by atoms with van der Waals surface area (Å²) in [6, 6.07) is 43.9. The summed E-state index contributed by atoms with van der Waals surface area (Å²) in [7, 11) is 0. The van der Waals surface area contributed by atoms with Crippen LogP contribution < -0.4 is 0 Å². The fraction of sp³-hybridized carbons (Fsp3) is 0. The van der Waals surface area contributed by atoms with Gasteiger partial charge in [-0.3, -0.25) is 4.40 Å². The topological polar surface area (TPSA) is 17.3 Å². The fourth-order valence-corrected chi connectivity index (χ4v) is 6.66. The van der Waals surface area contributed by atoms with Gasteiger partial charge in [0.15, 0.2) is 0 Å². The minimum Gasteiger partial charge on any atom is -0.291 e. The molecule has 2 heteroatoms. The monoisotopic (exact) mass is 468 g/mol. The molecule has 0 bridgehead atoms. The number of rotatable bonds is 0. The molecule has 9 rings (SSSR count). The van der Waals surface area contributed by atoms with E-state index in [1.807, 2.05) is 0 Å². The van der Waals surface area contributed by atoms with Crippen LogP contribution in [-0.4, -0.2) is 9.38 Å². The van der Waals surface area contributed by atoms with Crippen molar-refractivity contribution < 1.29 is 0 Å². The highest BCUT2D eigenvalue weighted by molar-refractivity contribution is 6.41. The Morgan fingerprint density at radius 1 is 0.378 bits per heavy atom. The van der Waals surface area contributed by atoms with E-state index in [0.29, 0.717) is 0 Å². The second-order valence-electron chi connectivity index (χ2n) is 9.92. The maximum atomic E-state index is 5.30. The molecule has 0 saturated heterocycles. The third-order valence-electron chi connectivity index (χ3n) is 8.10. The summed E-state index contributed by atoms with van der Waals surface area (Å²) < 4.78 is 2.42. The summed E-state index contributed by atoms with van der Waals surface area (Å²) >= 11 is 0. The number of imidazole rings is 1. The van der Waals surface area contributed by atoms with Gasteiger partial charge in [-0.25, -0.2) is 4.98 Å². The number of benzene rings is 7. The van der Waals surface area contributed by atoms with Crippen LogP contribution in [0.3, 0.4) is 0 Å². The molecule has 0 atom stereocenters. The largest absolute Gasteiger partial charge is 0.291 e. The van der Waals surface area contributed by atoms with Gasteiger partial charge in [0.05, 0.1) is 16.6 Å². The lowest BCUT2D eigenvalue weighted by Gasteiger charge is -2.18. The Balaban J connectivity index is 1.82. The molecule has 0 aliphatic carbocycles. The molecule has 0 fully saturated rings. The van der Waals surface area contributed by atoms with E-state index in [1.165, 1.54) is 64.8 Å². The van der Waals surface area contributed by atoms with Crippen LogP contribution in [0.1, 0.15) is 0 Å². The van der Waals surface area contributed by atoms with Crippen molar-refractivity contribution in [2.24, 2.45) is 0 Å². The van der Waals surface area contributed by atoms with Gasteiger partial charge >= 0.3 is 0 Å². The third-order valence-corrected chi connectivity index (χ3v) is 8.10. The zero-order valence-electron chi connectivity index (χ0n) is 19.9. The van der Waals surface area contributed by atoms with Crippen LogP contribution in [0.15, 0.2) is 121 Å². The molecule has 37 heavy (non-hydrogen) atoms. The highest BCUT2D eigenvalue weighted by Crippen LogP contribution is 2.46. The van der Waals surface area contributed by atoms with Gasteiger partial charge in [0.25, 0.3) is 0 Å². The number of hydrogen-bond donors (Lipinski definition) is 0. The van der Waals surface area contributed by atoms with E-state index in [2.05, 4.69) is 126 Å². The van der Waals surface area contributed by atoms with Gasteiger partial charge in [-0.1, -0.05) is 109 Å². The van der Waals surface area contributed by atoms with E-state index in [9.17, 15) is 0 Å². The number of para-hydroxylation sites is 2. The van der Waals surface area contributed by atoms with Gasteiger partial charge in [-0.15, -0.1) is 0 Å². The summed E-state index contributed by atoms with van der Waals surface area (Å²) in [6.07, 6.45) is 0. The molecule has 2 aromatic heterocycles. The molecule has 0 saturated carbocycles. The first-order valence-electron chi connectivity index (χ1n) is 12.8. The molecular weight excluding hydrogens is 448 g/mol. The summed E-state index contributed by atoms with van der Waals surface area (Å²) in [5.74, 6) is 0. The zero-order valence-corrected chi connectivity index (χ0v) is 19.9. The Morgan fingerprint density at radius 2 is 0.811 bits per heavy atom. The summed E-state index contributed by atoms with van der Waals surface area (Å²) in [4.78, 5) is 5.30. The van der Waals surface area contributed by atoms with Crippen molar-refractivity contribution >= 4 is 81.4 Å². The third kappa shape index (κ3) is 2.33. The first-order chi connectivity index (χ1) is 18.4. The molecule has 7 aromatic carbocycles. The van der Waals surface area contributed by atoms with Crippen LogP contribution in [0.2, 0.25) is 0 Å². The molecule has 170 valence electrons. The Bertz CT molecular complexity index is 2410. The van der Waals surface area contributed by atoms with E-state index in [0.717, 1.165) is 16.7 Å². The van der Waals surface area contributed by atoms with Crippen molar-refractivity contribution in [3.8, 4) is 0 Å². The van der Waals surface area contributed by atoms with Crippen LogP contribution in [0.5, 0.6) is 0 Å². The molecule has 0 N–H and O–H groups in total. The van der Waals surface area contributed by atoms with Gasteiger partial charge in [0.2, 0.25) is 0 Å². The van der Waals surface area contributed by atoms with Gasteiger partial charge in [-0.2, -0.15) is 0 Å². The Kier molecular flexibility index (Phi) is 3.56. The maximum absolute atomic E-state index is 5.30. The Hall–Kier alpha value is -4.95. The molecule has 2 heterocycles. The summed E-state index contributed by atoms with van der Waals surface area (Å²) in [6.45, 7) is 0. The van der Waals surface area contributed by atoms with Gasteiger partial charge in [-0.05, 0) is 49.8 Å². The average Bonchev–Trinajstić information content (AvgIpc) is 3.36. The standard InChI is InChI=1S/C35H20N2/c1-5-15-25-21(11-1)22-12-3-7-17-27(22)33-31(25)32-26-16-6-2-13-23(26)24-14-4-8-18-28(24)34(32)37-30-20-10-9-19-29(30)36-35(33)37/h1-20H. The highest BCUT2D eigenvalue weighted by atomic mass is 15.0. The molecule has 0 aliphatic heterocycles. The van der Waals surface area contributed by atoms with E-state index >= 15 is 0 Å². The van der Waals surface area contributed by atoms with Crippen molar-refractivity contribution in [3.63, 3.8) is 0 Å². The Labute approximate surface area is 212 Å². The van der Waals surface area contributed by atoms with Crippen molar-refractivity contribution in [1.82, 2.24) is 9.38 Å². The van der Waals surface area contributed by atoms with Crippen LogP contribution >= 0.6 is 0 Å². The van der Waals surface area contributed by atoms with Crippen molar-refractivity contribution in [1.29, 1.82) is 0 Å². The smallest absolute Gasteiger partial charge is 0.147 e. The highest BCUT2D eigenvalue weighted by Gasteiger charge is 2.22. The number of aromatic nitrogens is 2. The Morgan fingerprint density at radius 3 is 1.43 bits per heavy atom. The lowest BCUT2D eigenvalue weighted by atomic mass is 9.89. The average molecular weight is 469 g/mol. The SMILES string of the molecule is c1ccc2c(c1)nc1c3c4ccccc4c4ccccc4c3c3c4ccccc4c4ccccc4c3n21. The first-order valence-corrected chi connectivity index (χ1v) is 12.8. The van der Waals surface area contributed by atoms with E-state index in [-0.39, 0.29) is 0 Å². The van der Waals surface area contributed by atoms with Crippen molar-refractivity contribution in [3.05, 3.63) is 121 Å². The number of fused-ring (bicyclic) bond motifs is 18. The minimum atomic E-state index is 1.02. The molecule has 9 aromatic rings. The van der Waals surface area contributed by atoms with E-state index in [1.54, 1.807) is 0 Å². The molecule has 0 radical (unpaired) electrons. The normalized spacial score (nSPS) is 12.3. The summed E-state index contributed by atoms with van der Waals surface area (Å²) in [5.41, 5.74) is 4.41. The van der Waals surface area contributed by atoms with Crippen molar-refractivity contribution in [2.45, 2.75) is 0 Å². The summed E-state index contributed by atoms with van der Waals surface area (Å²) in [5, 5.41) is 14.0. The van der Waals surface area contributed by atoms with Crippen LogP contribution in [0, 0.1) is 0 Å². The molecule has 0 unspecified atom stereocenters. The van der Waals surface area contributed by atoms with Crippen molar-refractivity contribution in [2.75, 3.05) is 0 Å². The minimum absolute atomic E-state index is 1.02. The second kappa shape index (κ2) is 6.83. The lowest BCUT2D eigenvalue weighted by Crippen LogP contribution is -1.96. The van der Waals surface area contributed by atoms with Gasteiger partial charge in [0, 0.05) is 21.5 Å². The number of hydrogen-bond acceptors (Lipinski definition) is 1. The number of nitrogens with zero attached hydrogens (tertiary/aromatic N) is 2. The predicted octanol–water partition coefficient (Wildman–Crippen LogP) is 9.41. The first kappa shape index (κ1) is 19.3. The lowest BCUT2D eigenvalue weighted by molar-refractivity contribution is 1.33. The van der Waals surface area contributed by atoms with Crippen LogP contribution in [-0.2, 0) is 0 Å². The molecule has 2 nitrogen and oxygen atoms in total. The molecule has 0 aliphatic rings. The zero-order chi connectivity index (χ0) is 24.1.